The maximum atomic E-state index is 12.6. The van der Waals surface area contributed by atoms with E-state index in [0.717, 1.165) is 25.1 Å². The van der Waals surface area contributed by atoms with Gasteiger partial charge in [0.2, 0.25) is 10.0 Å². The van der Waals surface area contributed by atoms with Gasteiger partial charge < -0.3 is 9.88 Å². The second-order valence-corrected chi connectivity index (χ2v) is 7.61. The van der Waals surface area contributed by atoms with Gasteiger partial charge in [0, 0.05) is 38.6 Å². The van der Waals surface area contributed by atoms with Crippen LogP contribution in [0.1, 0.15) is 31.9 Å². The lowest BCUT2D eigenvalue weighted by Crippen LogP contribution is -2.34. The summed E-state index contributed by atoms with van der Waals surface area (Å²) < 4.78 is 28.7. The van der Waals surface area contributed by atoms with Crippen LogP contribution < -0.4 is 5.32 Å². The van der Waals surface area contributed by atoms with Gasteiger partial charge in [0.15, 0.2) is 0 Å². The predicted octanol–water partition coefficient (Wildman–Crippen LogP) is 1.65. The molecule has 0 amide bonds. The Morgan fingerprint density at radius 2 is 2.15 bits per heavy atom. The highest BCUT2D eigenvalue weighted by atomic mass is 32.2. The van der Waals surface area contributed by atoms with Crippen molar-refractivity contribution in [1.82, 2.24) is 14.2 Å². The van der Waals surface area contributed by atoms with Crippen LogP contribution in [0.4, 0.5) is 0 Å². The van der Waals surface area contributed by atoms with Crippen LogP contribution in [0.2, 0.25) is 0 Å². The maximum Gasteiger partial charge on any atom is 0.244 e. The highest BCUT2D eigenvalue weighted by Crippen LogP contribution is 2.28. The Bertz CT molecular complexity index is 547. The molecule has 114 valence electrons. The Labute approximate surface area is 122 Å². The Kier molecular flexibility index (Phi) is 4.88. The molecular formula is C14H25N3O2S. The van der Waals surface area contributed by atoms with Crippen LogP contribution in [0.15, 0.2) is 17.2 Å². The van der Waals surface area contributed by atoms with Crippen LogP contribution in [0.25, 0.3) is 0 Å². The summed E-state index contributed by atoms with van der Waals surface area (Å²) >= 11 is 0. The van der Waals surface area contributed by atoms with Crippen molar-refractivity contribution in [3.05, 3.63) is 18.0 Å². The molecule has 1 fully saturated rings. The molecule has 0 radical (unpaired) electrons. The van der Waals surface area contributed by atoms with Gasteiger partial charge >= 0.3 is 0 Å². The fraction of sp³-hybridized carbons (Fsp3) is 0.714. The lowest BCUT2D eigenvalue weighted by atomic mass is 9.86. The zero-order valence-electron chi connectivity index (χ0n) is 12.6. The Morgan fingerprint density at radius 3 is 2.65 bits per heavy atom. The highest BCUT2D eigenvalue weighted by Gasteiger charge is 2.27. The molecule has 1 aliphatic rings. The highest BCUT2D eigenvalue weighted by molar-refractivity contribution is 7.89. The molecule has 5 nitrogen and oxygen atoms in total. The van der Waals surface area contributed by atoms with Crippen molar-refractivity contribution in [2.75, 3.05) is 20.6 Å². The second-order valence-electron chi connectivity index (χ2n) is 5.57. The summed E-state index contributed by atoms with van der Waals surface area (Å²) in [7, 11) is 0.199. The molecular weight excluding hydrogens is 274 g/mol. The van der Waals surface area contributed by atoms with Crippen molar-refractivity contribution in [2.45, 2.75) is 44.2 Å². The number of hydrogen-bond acceptors (Lipinski definition) is 3. The molecule has 1 heterocycles. The lowest BCUT2D eigenvalue weighted by Gasteiger charge is -2.29. The van der Waals surface area contributed by atoms with E-state index in [9.17, 15) is 8.42 Å². The van der Waals surface area contributed by atoms with Crippen molar-refractivity contribution in [3.63, 3.8) is 0 Å². The monoisotopic (exact) mass is 299 g/mol. The number of aromatic nitrogens is 1. The molecule has 20 heavy (non-hydrogen) atoms. The van der Waals surface area contributed by atoms with E-state index < -0.39 is 10.0 Å². The molecule has 1 saturated carbocycles. The number of aryl methyl sites for hydroxylation is 1. The summed E-state index contributed by atoms with van der Waals surface area (Å²) in [6, 6.07) is 1.78. The largest absolute Gasteiger partial charge is 0.349 e. The molecule has 0 spiro atoms. The molecule has 1 aliphatic carbocycles. The number of nitrogens with one attached hydrogen (secondary N) is 1. The van der Waals surface area contributed by atoms with Gasteiger partial charge in [-0.15, -0.1) is 0 Å². The molecule has 0 saturated heterocycles. The van der Waals surface area contributed by atoms with Gasteiger partial charge in [-0.3, -0.25) is 0 Å². The Morgan fingerprint density at radius 1 is 1.45 bits per heavy atom. The standard InChI is InChI=1S/C14H25N3O2S/c1-4-17-11-14(8-13(17)9-15-2)20(18,19)16(3)10-12-6-5-7-12/h8,11-12,15H,4-7,9-10H2,1-3H3. The summed E-state index contributed by atoms with van der Waals surface area (Å²) in [6.07, 6.45) is 5.29. The first-order valence-corrected chi connectivity index (χ1v) is 8.73. The summed E-state index contributed by atoms with van der Waals surface area (Å²) in [5.74, 6) is 0.541. The van der Waals surface area contributed by atoms with Gasteiger partial charge in [0.05, 0.1) is 0 Å². The predicted molar refractivity (Wildman–Crippen MR) is 80.0 cm³/mol. The van der Waals surface area contributed by atoms with Crippen molar-refractivity contribution in [1.29, 1.82) is 0 Å². The van der Waals surface area contributed by atoms with Crippen LogP contribution in [-0.4, -0.2) is 37.9 Å². The minimum atomic E-state index is -3.36. The van der Waals surface area contributed by atoms with E-state index in [1.807, 2.05) is 18.5 Å². The summed E-state index contributed by atoms with van der Waals surface area (Å²) in [6.45, 7) is 4.11. The van der Waals surface area contributed by atoms with Crippen molar-refractivity contribution in [2.24, 2.45) is 5.92 Å². The van der Waals surface area contributed by atoms with E-state index in [1.54, 1.807) is 19.3 Å². The zero-order valence-corrected chi connectivity index (χ0v) is 13.4. The second kappa shape index (κ2) is 6.28. The summed E-state index contributed by atoms with van der Waals surface area (Å²) in [5.41, 5.74) is 1.01. The molecule has 0 aliphatic heterocycles. The lowest BCUT2D eigenvalue weighted by molar-refractivity contribution is 0.263. The smallest absolute Gasteiger partial charge is 0.244 e. The third-order valence-corrected chi connectivity index (χ3v) is 5.90. The molecule has 1 aromatic rings. The van der Waals surface area contributed by atoms with Crippen LogP contribution in [0.5, 0.6) is 0 Å². The first-order chi connectivity index (χ1) is 9.48. The minimum Gasteiger partial charge on any atom is -0.349 e. The van der Waals surface area contributed by atoms with Gasteiger partial charge in [-0.1, -0.05) is 6.42 Å². The molecule has 1 aromatic heterocycles. The molecule has 2 rings (SSSR count). The third-order valence-electron chi connectivity index (χ3n) is 4.11. The molecule has 0 aromatic carbocycles. The van der Waals surface area contributed by atoms with Crippen LogP contribution >= 0.6 is 0 Å². The van der Waals surface area contributed by atoms with Gasteiger partial charge in [-0.25, -0.2) is 12.7 Å². The maximum absolute atomic E-state index is 12.6. The fourth-order valence-corrected chi connectivity index (χ4v) is 3.92. The summed E-state index contributed by atoms with van der Waals surface area (Å²) in [4.78, 5) is 0.409. The fourth-order valence-electron chi connectivity index (χ4n) is 2.61. The number of nitrogens with zero attached hydrogens (tertiary/aromatic N) is 2. The van der Waals surface area contributed by atoms with Crippen LogP contribution in [0.3, 0.4) is 0 Å². The number of rotatable bonds is 7. The van der Waals surface area contributed by atoms with E-state index in [0.29, 0.717) is 23.9 Å². The van der Waals surface area contributed by atoms with E-state index in [4.69, 9.17) is 0 Å². The van der Waals surface area contributed by atoms with Crippen molar-refractivity contribution < 1.29 is 8.42 Å². The first kappa shape index (κ1) is 15.5. The molecule has 0 atom stereocenters. The average molecular weight is 299 g/mol. The van der Waals surface area contributed by atoms with Gasteiger partial charge in [-0.2, -0.15) is 0 Å². The van der Waals surface area contributed by atoms with E-state index in [2.05, 4.69) is 5.32 Å². The SMILES string of the molecule is CCn1cc(S(=O)(=O)N(C)CC2CCC2)cc1CNC. The molecule has 6 heteroatoms. The first-order valence-electron chi connectivity index (χ1n) is 7.29. The zero-order chi connectivity index (χ0) is 14.8. The third kappa shape index (κ3) is 3.07. The topological polar surface area (TPSA) is 54.3 Å². The molecule has 1 N–H and O–H groups in total. The molecule has 0 unspecified atom stereocenters. The minimum absolute atomic E-state index is 0.409. The van der Waals surface area contributed by atoms with Crippen LogP contribution in [0, 0.1) is 5.92 Å². The van der Waals surface area contributed by atoms with E-state index in [-0.39, 0.29) is 0 Å². The van der Waals surface area contributed by atoms with Crippen molar-refractivity contribution in [3.8, 4) is 0 Å². The Hall–Kier alpha value is -0.850. The normalized spacial score (nSPS) is 16.6. The molecule has 0 bridgehead atoms. The van der Waals surface area contributed by atoms with E-state index >= 15 is 0 Å². The van der Waals surface area contributed by atoms with Gasteiger partial charge in [0.1, 0.15) is 4.90 Å². The Balaban J connectivity index is 2.19. The number of hydrogen-bond donors (Lipinski definition) is 1. The van der Waals surface area contributed by atoms with Crippen molar-refractivity contribution >= 4 is 10.0 Å². The quantitative estimate of drug-likeness (QED) is 0.833. The summed E-state index contributed by atoms with van der Waals surface area (Å²) in [5, 5.41) is 3.07. The van der Waals surface area contributed by atoms with E-state index in [1.165, 1.54) is 10.7 Å². The van der Waals surface area contributed by atoms with Crippen LogP contribution in [-0.2, 0) is 23.1 Å². The number of sulfonamides is 1. The van der Waals surface area contributed by atoms with Gasteiger partial charge in [0.25, 0.3) is 0 Å². The van der Waals surface area contributed by atoms with Gasteiger partial charge in [-0.05, 0) is 38.8 Å². The average Bonchev–Trinajstić information content (AvgIpc) is 2.77.